The summed E-state index contributed by atoms with van der Waals surface area (Å²) in [6.07, 6.45) is -4.58. The van der Waals surface area contributed by atoms with Crippen molar-refractivity contribution < 1.29 is 23.0 Å². The molecule has 152 valence electrons. The number of anilines is 3. The summed E-state index contributed by atoms with van der Waals surface area (Å²) < 4.78 is 42.2. The van der Waals surface area contributed by atoms with E-state index in [9.17, 15) is 18.3 Å². The quantitative estimate of drug-likeness (QED) is 0.665. The number of nitrogen functional groups attached to an aromatic ring is 1. The van der Waals surface area contributed by atoms with Gasteiger partial charge in [-0.1, -0.05) is 29.8 Å². The van der Waals surface area contributed by atoms with Gasteiger partial charge in [0.25, 0.3) is 0 Å². The lowest BCUT2D eigenvalue weighted by Gasteiger charge is -2.21. The molecule has 1 saturated heterocycles. The number of aliphatic hydroxyl groups is 1. The first-order valence-electron chi connectivity index (χ1n) is 8.50. The maximum atomic E-state index is 12.5. The number of rotatable bonds is 6. The third kappa shape index (κ3) is 5.08. The summed E-state index contributed by atoms with van der Waals surface area (Å²) in [5.41, 5.74) is 7.06. The van der Waals surface area contributed by atoms with Crippen molar-refractivity contribution in [2.24, 2.45) is 0 Å². The molecule has 1 aliphatic heterocycles. The number of nitrogens with two attached hydrogens (primary N) is 1. The second-order valence-electron chi connectivity index (χ2n) is 6.33. The second-order valence-corrected chi connectivity index (χ2v) is 6.74. The Labute approximate surface area is 164 Å². The van der Waals surface area contributed by atoms with Crippen LogP contribution in [0.5, 0.6) is 6.01 Å². The molecule has 0 spiro atoms. The van der Waals surface area contributed by atoms with Gasteiger partial charge in [0.15, 0.2) is 18.2 Å². The van der Waals surface area contributed by atoms with Crippen molar-refractivity contribution in [3.63, 3.8) is 0 Å². The molecule has 0 saturated carbocycles. The van der Waals surface area contributed by atoms with E-state index in [1.807, 2.05) is 0 Å². The molecule has 1 aliphatic rings. The minimum atomic E-state index is -4.53. The van der Waals surface area contributed by atoms with Gasteiger partial charge in [-0.05, 0) is 18.1 Å². The minimum absolute atomic E-state index is 0.128. The van der Waals surface area contributed by atoms with Crippen LogP contribution in [0.4, 0.5) is 30.5 Å². The maximum Gasteiger partial charge on any atom is 0.422 e. The summed E-state index contributed by atoms with van der Waals surface area (Å²) in [6, 6.07) is 6.65. The monoisotopic (exact) mass is 417 g/mol. The smallest absolute Gasteiger partial charge is 0.422 e. The summed E-state index contributed by atoms with van der Waals surface area (Å²) in [5.74, 6) is 0.342. The molecule has 0 radical (unpaired) electrons. The van der Waals surface area contributed by atoms with E-state index in [2.05, 4.69) is 15.3 Å². The topological polar surface area (TPSA) is 96.5 Å². The van der Waals surface area contributed by atoms with E-state index in [4.69, 9.17) is 22.1 Å². The number of alkyl halides is 3. The van der Waals surface area contributed by atoms with Crippen molar-refractivity contribution >= 4 is 28.9 Å². The van der Waals surface area contributed by atoms with Crippen molar-refractivity contribution in [3.05, 3.63) is 34.9 Å². The van der Waals surface area contributed by atoms with Crippen molar-refractivity contribution in [2.45, 2.75) is 25.2 Å². The zero-order chi connectivity index (χ0) is 20.3. The van der Waals surface area contributed by atoms with Crippen LogP contribution >= 0.6 is 11.6 Å². The van der Waals surface area contributed by atoms with E-state index in [-0.39, 0.29) is 30.4 Å². The van der Waals surface area contributed by atoms with Crippen molar-refractivity contribution in [3.8, 4) is 6.01 Å². The van der Waals surface area contributed by atoms with Gasteiger partial charge in [0.05, 0.1) is 6.10 Å². The van der Waals surface area contributed by atoms with Crippen LogP contribution in [0.15, 0.2) is 24.3 Å². The molecule has 7 nitrogen and oxygen atoms in total. The van der Waals surface area contributed by atoms with Crippen LogP contribution in [0.1, 0.15) is 12.0 Å². The lowest BCUT2D eigenvalue weighted by Crippen LogP contribution is -2.25. The van der Waals surface area contributed by atoms with Gasteiger partial charge in [0, 0.05) is 24.7 Å². The predicted molar refractivity (Wildman–Crippen MR) is 99.6 cm³/mol. The molecule has 28 heavy (non-hydrogen) atoms. The zero-order valence-corrected chi connectivity index (χ0v) is 15.5. The van der Waals surface area contributed by atoms with E-state index in [1.165, 1.54) is 0 Å². The van der Waals surface area contributed by atoms with Gasteiger partial charge in [-0.15, -0.1) is 0 Å². The van der Waals surface area contributed by atoms with Crippen LogP contribution in [0.3, 0.4) is 0 Å². The Morgan fingerprint density at radius 2 is 2.07 bits per heavy atom. The molecule has 2 heterocycles. The number of nitrogens with one attached hydrogen (secondary N) is 1. The highest BCUT2D eigenvalue weighted by Crippen LogP contribution is 2.32. The van der Waals surface area contributed by atoms with Crippen LogP contribution in [0, 0.1) is 0 Å². The molecule has 3 rings (SSSR count). The fourth-order valence-electron chi connectivity index (χ4n) is 2.78. The van der Waals surface area contributed by atoms with Gasteiger partial charge >= 0.3 is 12.2 Å². The van der Waals surface area contributed by atoms with Crippen LogP contribution in [0.2, 0.25) is 5.02 Å². The summed E-state index contributed by atoms with van der Waals surface area (Å²) in [7, 11) is 0. The molecule has 0 bridgehead atoms. The van der Waals surface area contributed by atoms with Gasteiger partial charge in [0.1, 0.15) is 5.69 Å². The van der Waals surface area contributed by atoms with Gasteiger partial charge < -0.3 is 25.8 Å². The first-order chi connectivity index (χ1) is 13.2. The van der Waals surface area contributed by atoms with E-state index >= 15 is 0 Å². The van der Waals surface area contributed by atoms with Crippen LogP contribution in [0.25, 0.3) is 0 Å². The molecule has 4 N–H and O–H groups in total. The maximum absolute atomic E-state index is 12.5. The molecule has 0 unspecified atom stereocenters. The highest BCUT2D eigenvalue weighted by molar-refractivity contribution is 6.31. The molecule has 1 fully saturated rings. The summed E-state index contributed by atoms with van der Waals surface area (Å²) in [6.45, 7) is -0.542. The number of benzene rings is 1. The molecular weight excluding hydrogens is 399 g/mol. The standard InChI is InChI=1S/C17H19ClF3N5O2/c18-12-4-2-1-3-10(12)7-23-14-13(22)15(26-6-5-11(27)8-26)25-16(24-14)28-9-17(19,20)21/h1-4,11,27H,5-9,22H2,(H,23,24,25)/t11-/m0/s1. The summed E-state index contributed by atoms with van der Waals surface area (Å²) >= 11 is 6.12. The van der Waals surface area contributed by atoms with Gasteiger partial charge in [-0.2, -0.15) is 23.1 Å². The average Bonchev–Trinajstić information content (AvgIpc) is 3.06. The number of aliphatic hydroxyl groups excluding tert-OH is 1. The average molecular weight is 418 g/mol. The Morgan fingerprint density at radius 3 is 2.71 bits per heavy atom. The highest BCUT2D eigenvalue weighted by Gasteiger charge is 2.30. The number of aromatic nitrogens is 2. The van der Waals surface area contributed by atoms with E-state index in [1.54, 1.807) is 29.2 Å². The fraction of sp³-hybridized carbons (Fsp3) is 0.412. The number of hydrogen-bond acceptors (Lipinski definition) is 7. The van der Waals surface area contributed by atoms with Crippen molar-refractivity contribution in [2.75, 3.05) is 35.6 Å². The largest absolute Gasteiger partial charge is 0.454 e. The van der Waals surface area contributed by atoms with Gasteiger partial charge in [-0.3, -0.25) is 0 Å². The minimum Gasteiger partial charge on any atom is -0.454 e. The first-order valence-corrected chi connectivity index (χ1v) is 8.88. The SMILES string of the molecule is Nc1c(NCc2ccccc2Cl)nc(OCC(F)(F)F)nc1N1CC[C@H](O)C1. The lowest BCUT2D eigenvalue weighted by atomic mass is 10.2. The third-order valence-electron chi connectivity index (χ3n) is 4.14. The molecule has 1 aromatic carbocycles. The predicted octanol–water partition coefficient (Wildman–Crippen LogP) is 2.84. The fourth-order valence-corrected chi connectivity index (χ4v) is 2.98. The molecule has 0 amide bonds. The van der Waals surface area contributed by atoms with E-state index < -0.39 is 24.9 Å². The summed E-state index contributed by atoms with van der Waals surface area (Å²) in [5, 5.41) is 13.2. The third-order valence-corrected chi connectivity index (χ3v) is 4.51. The Bertz CT molecular complexity index is 837. The number of β-amino-alcohol motifs (C(OH)–C–C–N with tert-alkyl or cyclic N) is 1. The zero-order valence-electron chi connectivity index (χ0n) is 14.7. The Kier molecular flexibility index (Phi) is 5.99. The highest BCUT2D eigenvalue weighted by atomic mass is 35.5. The van der Waals surface area contributed by atoms with Crippen LogP contribution in [-0.2, 0) is 6.54 Å². The molecule has 0 aliphatic carbocycles. The number of nitrogens with zero attached hydrogens (tertiary/aromatic N) is 3. The van der Waals surface area contributed by atoms with Crippen molar-refractivity contribution in [1.82, 2.24) is 9.97 Å². The molecule has 11 heteroatoms. The van der Waals surface area contributed by atoms with Crippen LogP contribution < -0.4 is 20.7 Å². The van der Waals surface area contributed by atoms with Crippen LogP contribution in [-0.4, -0.2) is 47.1 Å². The Balaban J connectivity index is 1.87. The number of ether oxygens (including phenoxy) is 1. The van der Waals surface area contributed by atoms with Crippen molar-refractivity contribution in [1.29, 1.82) is 0 Å². The Hall–Kier alpha value is -2.46. The lowest BCUT2D eigenvalue weighted by molar-refractivity contribution is -0.154. The first kappa shape index (κ1) is 20.3. The van der Waals surface area contributed by atoms with Gasteiger partial charge in [0.2, 0.25) is 0 Å². The molecule has 2 aromatic rings. The Morgan fingerprint density at radius 1 is 1.32 bits per heavy atom. The van der Waals surface area contributed by atoms with E-state index in [0.717, 1.165) is 5.56 Å². The number of halogens is 4. The summed E-state index contributed by atoms with van der Waals surface area (Å²) in [4.78, 5) is 9.67. The second kappa shape index (κ2) is 8.27. The van der Waals surface area contributed by atoms with Gasteiger partial charge in [-0.25, -0.2) is 0 Å². The molecular formula is C17H19ClF3N5O2. The van der Waals surface area contributed by atoms with E-state index in [0.29, 0.717) is 18.0 Å². The molecule has 1 aromatic heterocycles. The normalized spacial score (nSPS) is 17.0. The number of hydrogen-bond donors (Lipinski definition) is 3. The molecule has 1 atom stereocenters.